The Hall–Kier alpha value is -4.00. The molecular formula is C25H25N3O4. The van der Waals surface area contributed by atoms with E-state index in [4.69, 9.17) is 19.2 Å². The van der Waals surface area contributed by atoms with Crippen molar-refractivity contribution in [2.45, 2.75) is 13.0 Å². The summed E-state index contributed by atoms with van der Waals surface area (Å²) in [5.74, 6) is 2.56. The summed E-state index contributed by atoms with van der Waals surface area (Å²) >= 11 is 0. The highest BCUT2D eigenvalue weighted by atomic mass is 16.5. The smallest absolute Gasteiger partial charge is 0.244 e. The highest BCUT2D eigenvalue weighted by Crippen LogP contribution is 2.29. The van der Waals surface area contributed by atoms with E-state index in [-0.39, 0.29) is 12.5 Å². The Kier molecular flexibility index (Phi) is 6.26. The van der Waals surface area contributed by atoms with E-state index in [2.05, 4.69) is 5.32 Å². The highest BCUT2D eigenvalue weighted by Gasteiger charge is 2.16. The molecule has 1 amide bonds. The van der Waals surface area contributed by atoms with Gasteiger partial charge in [0.25, 0.3) is 0 Å². The third kappa shape index (κ3) is 4.37. The molecule has 0 aliphatic carbocycles. The Morgan fingerprint density at radius 1 is 0.875 bits per heavy atom. The summed E-state index contributed by atoms with van der Waals surface area (Å²) in [5.41, 5.74) is 3.38. The molecule has 0 aliphatic rings. The molecule has 32 heavy (non-hydrogen) atoms. The average molecular weight is 431 g/mol. The lowest BCUT2D eigenvalue weighted by Gasteiger charge is -2.13. The number of hydrogen-bond acceptors (Lipinski definition) is 5. The van der Waals surface area contributed by atoms with Gasteiger partial charge in [-0.05, 0) is 42.0 Å². The quantitative estimate of drug-likeness (QED) is 0.450. The van der Waals surface area contributed by atoms with E-state index in [0.29, 0.717) is 29.4 Å². The van der Waals surface area contributed by atoms with Gasteiger partial charge in [-0.3, -0.25) is 4.79 Å². The molecule has 1 aromatic heterocycles. The number of nitrogens with one attached hydrogen (secondary N) is 1. The van der Waals surface area contributed by atoms with E-state index in [1.165, 1.54) is 0 Å². The molecule has 0 bridgehead atoms. The lowest BCUT2D eigenvalue weighted by atomic mass is 10.1. The lowest BCUT2D eigenvalue weighted by molar-refractivity contribution is -0.116. The Morgan fingerprint density at radius 3 is 2.38 bits per heavy atom. The predicted molar refractivity (Wildman–Crippen MR) is 124 cm³/mol. The van der Waals surface area contributed by atoms with Crippen LogP contribution in [-0.2, 0) is 17.8 Å². The zero-order chi connectivity index (χ0) is 22.5. The third-order valence-corrected chi connectivity index (χ3v) is 5.23. The van der Waals surface area contributed by atoms with Crippen LogP contribution >= 0.6 is 0 Å². The van der Waals surface area contributed by atoms with E-state index >= 15 is 0 Å². The molecule has 7 heteroatoms. The first-order valence-electron chi connectivity index (χ1n) is 10.2. The monoisotopic (exact) mass is 431 g/mol. The van der Waals surface area contributed by atoms with Crippen molar-refractivity contribution in [3.05, 3.63) is 78.1 Å². The van der Waals surface area contributed by atoms with E-state index < -0.39 is 0 Å². The van der Waals surface area contributed by atoms with Crippen LogP contribution in [0.25, 0.3) is 11.0 Å². The summed E-state index contributed by atoms with van der Waals surface area (Å²) < 4.78 is 18.0. The number of methoxy groups -OCH3 is 3. The number of carbonyl (C=O) groups excluding carboxylic acids is 1. The van der Waals surface area contributed by atoms with E-state index in [9.17, 15) is 4.79 Å². The van der Waals surface area contributed by atoms with Gasteiger partial charge in [0, 0.05) is 6.42 Å². The largest absolute Gasteiger partial charge is 0.495 e. The fourth-order valence-electron chi connectivity index (χ4n) is 3.69. The minimum Gasteiger partial charge on any atom is -0.495 e. The molecule has 164 valence electrons. The molecule has 0 saturated heterocycles. The van der Waals surface area contributed by atoms with Crippen LogP contribution in [0.2, 0.25) is 0 Å². The Bertz CT molecular complexity index is 1250. The van der Waals surface area contributed by atoms with Crippen molar-refractivity contribution < 1.29 is 19.0 Å². The molecule has 0 fully saturated rings. The SMILES string of the molecule is COc1ccccc1NC(=O)Cn1c(Cc2ccc(OC)c(OC)c2)nc2ccccc21. The van der Waals surface area contributed by atoms with E-state index in [1.54, 1.807) is 21.3 Å². The number of amides is 1. The minimum atomic E-state index is -0.161. The predicted octanol–water partition coefficient (Wildman–Crippen LogP) is 4.29. The topological polar surface area (TPSA) is 74.6 Å². The first-order valence-corrected chi connectivity index (χ1v) is 10.2. The molecule has 3 aromatic carbocycles. The van der Waals surface area contributed by atoms with Crippen LogP contribution < -0.4 is 19.5 Å². The van der Waals surface area contributed by atoms with Crippen LogP contribution in [-0.4, -0.2) is 36.8 Å². The second-order valence-electron chi connectivity index (χ2n) is 7.22. The standard InChI is InChI=1S/C25H25N3O4/c1-30-21-11-7-5-9-19(21)27-25(29)16-28-20-10-6-4-8-18(20)26-24(28)15-17-12-13-22(31-2)23(14-17)32-3/h4-14H,15-16H2,1-3H3,(H,27,29). The van der Waals surface area contributed by atoms with Gasteiger partial charge >= 0.3 is 0 Å². The van der Waals surface area contributed by atoms with Crippen LogP contribution in [0.1, 0.15) is 11.4 Å². The number of carbonyl (C=O) groups is 1. The summed E-state index contributed by atoms with van der Waals surface area (Å²) in [5, 5.41) is 2.94. The normalized spacial score (nSPS) is 10.7. The van der Waals surface area contributed by atoms with E-state index in [0.717, 1.165) is 22.4 Å². The maximum absolute atomic E-state index is 12.9. The fraction of sp³-hybridized carbons (Fsp3) is 0.200. The van der Waals surface area contributed by atoms with Gasteiger partial charge in [-0.1, -0.05) is 30.3 Å². The first kappa shape index (κ1) is 21.2. The number of para-hydroxylation sites is 4. The van der Waals surface area contributed by atoms with Crippen LogP contribution in [0, 0.1) is 0 Å². The molecule has 0 radical (unpaired) electrons. The number of hydrogen-bond donors (Lipinski definition) is 1. The molecule has 7 nitrogen and oxygen atoms in total. The maximum atomic E-state index is 12.9. The van der Waals surface area contributed by atoms with Crippen LogP contribution in [0.5, 0.6) is 17.2 Å². The molecule has 0 spiro atoms. The van der Waals surface area contributed by atoms with Crippen LogP contribution in [0.3, 0.4) is 0 Å². The molecule has 0 saturated carbocycles. The van der Waals surface area contributed by atoms with Crippen molar-refractivity contribution in [1.82, 2.24) is 9.55 Å². The van der Waals surface area contributed by atoms with Gasteiger partial charge in [0.05, 0.1) is 38.1 Å². The lowest BCUT2D eigenvalue weighted by Crippen LogP contribution is -2.20. The minimum absolute atomic E-state index is 0.126. The zero-order valence-corrected chi connectivity index (χ0v) is 18.3. The van der Waals surface area contributed by atoms with Crippen molar-refractivity contribution in [3.8, 4) is 17.2 Å². The second kappa shape index (κ2) is 9.43. The summed E-state index contributed by atoms with van der Waals surface area (Å²) in [4.78, 5) is 17.7. The molecule has 0 unspecified atom stereocenters. The number of anilines is 1. The number of nitrogens with zero attached hydrogens (tertiary/aromatic N) is 2. The van der Waals surface area contributed by atoms with E-state index in [1.807, 2.05) is 71.3 Å². The summed E-state index contributed by atoms with van der Waals surface area (Å²) in [6.07, 6.45) is 0.539. The fourth-order valence-corrected chi connectivity index (χ4v) is 3.69. The Labute approximate surface area is 186 Å². The number of fused-ring (bicyclic) bond motifs is 1. The second-order valence-corrected chi connectivity index (χ2v) is 7.22. The molecule has 0 atom stereocenters. The van der Waals surface area contributed by atoms with Gasteiger partial charge in [-0.15, -0.1) is 0 Å². The number of imidazole rings is 1. The van der Waals surface area contributed by atoms with Gasteiger partial charge in [-0.2, -0.15) is 0 Å². The molecule has 4 rings (SSSR count). The first-order chi connectivity index (χ1) is 15.6. The maximum Gasteiger partial charge on any atom is 0.244 e. The van der Waals surface area contributed by atoms with Crippen LogP contribution in [0.15, 0.2) is 66.7 Å². The molecule has 4 aromatic rings. The van der Waals surface area contributed by atoms with Crippen molar-refractivity contribution in [2.75, 3.05) is 26.6 Å². The zero-order valence-electron chi connectivity index (χ0n) is 18.3. The summed E-state index contributed by atoms with van der Waals surface area (Å²) in [6, 6.07) is 20.9. The molecule has 1 heterocycles. The third-order valence-electron chi connectivity index (χ3n) is 5.23. The van der Waals surface area contributed by atoms with Crippen molar-refractivity contribution >= 4 is 22.6 Å². The Balaban J connectivity index is 1.64. The van der Waals surface area contributed by atoms with Crippen molar-refractivity contribution in [3.63, 3.8) is 0 Å². The number of rotatable bonds is 8. The molecular weight excluding hydrogens is 406 g/mol. The summed E-state index contributed by atoms with van der Waals surface area (Å²) in [6.45, 7) is 0.126. The van der Waals surface area contributed by atoms with Crippen molar-refractivity contribution in [1.29, 1.82) is 0 Å². The molecule has 0 aliphatic heterocycles. The number of benzene rings is 3. The van der Waals surface area contributed by atoms with Gasteiger partial charge in [0.15, 0.2) is 11.5 Å². The van der Waals surface area contributed by atoms with Crippen LogP contribution in [0.4, 0.5) is 5.69 Å². The van der Waals surface area contributed by atoms with Gasteiger partial charge in [0.2, 0.25) is 5.91 Å². The van der Waals surface area contributed by atoms with Gasteiger partial charge < -0.3 is 24.1 Å². The average Bonchev–Trinajstić information content (AvgIpc) is 3.16. The number of ether oxygens (including phenoxy) is 3. The van der Waals surface area contributed by atoms with Gasteiger partial charge in [-0.25, -0.2) is 4.98 Å². The Morgan fingerprint density at radius 2 is 1.59 bits per heavy atom. The summed E-state index contributed by atoms with van der Waals surface area (Å²) in [7, 11) is 4.80. The van der Waals surface area contributed by atoms with Gasteiger partial charge in [0.1, 0.15) is 18.1 Å². The highest BCUT2D eigenvalue weighted by molar-refractivity contribution is 5.93. The van der Waals surface area contributed by atoms with Crippen molar-refractivity contribution in [2.24, 2.45) is 0 Å². The number of aromatic nitrogens is 2. The molecule has 1 N–H and O–H groups in total.